The van der Waals surface area contributed by atoms with Crippen LogP contribution in [0.5, 0.6) is 0 Å². The third-order valence-electron chi connectivity index (χ3n) is 2.84. The van der Waals surface area contributed by atoms with E-state index in [1.807, 2.05) is 27.7 Å². The van der Waals surface area contributed by atoms with Crippen molar-refractivity contribution in [2.75, 3.05) is 6.61 Å². The van der Waals surface area contributed by atoms with Crippen LogP contribution in [0.2, 0.25) is 0 Å². The third kappa shape index (κ3) is 4.65. The van der Waals surface area contributed by atoms with E-state index < -0.39 is 30.2 Å². The molecule has 0 spiro atoms. The van der Waals surface area contributed by atoms with Crippen molar-refractivity contribution in [3.8, 4) is 0 Å². The Morgan fingerprint density at radius 2 is 1.61 bits per heavy atom. The molecule has 0 saturated heterocycles. The Bertz CT molecular complexity index is 264. The molecule has 0 radical (unpaired) electrons. The lowest BCUT2D eigenvalue weighted by molar-refractivity contribution is -0.169. The van der Waals surface area contributed by atoms with Crippen LogP contribution < -0.4 is 0 Å². The highest BCUT2D eigenvalue weighted by Gasteiger charge is 2.46. The van der Waals surface area contributed by atoms with E-state index in [-0.39, 0.29) is 24.7 Å². The largest absolute Gasteiger partial charge is 0.394 e. The Morgan fingerprint density at radius 3 is 1.94 bits per heavy atom. The van der Waals surface area contributed by atoms with Crippen LogP contribution in [0.1, 0.15) is 40.5 Å². The van der Waals surface area contributed by atoms with Crippen molar-refractivity contribution in [3.05, 3.63) is 0 Å². The molecule has 3 atom stereocenters. The molecule has 5 heteroatoms. The highest BCUT2D eigenvalue weighted by Crippen LogP contribution is 2.27. The zero-order valence-corrected chi connectivity index (χ0v) is 11.6. The van der Waals surface area contributed by atoms with Crippen LogP contribution in [0.3, 0.4) is 0 Å². The van der Waals surface area contributed by atoms with Gasteiger partial charge in [-0.1, -0.05) is 27.7 Å². The molecule has 0 saturated carbocycles. The van der Waals surface area contributed by atoms with Crippen LogP contribution in [0.25, 0.3) is 0 Å². The molecule has 0 aromatic heterocycles. The minimum absolute atomic E-state index is 0.0216. The van der Waals surface area contributed by atoms with Gasteiger partial charge in [0, 0.05) is 6.42 Å². The van der Waals surface area contributed by atoms with E-state index in [4.69, 9.17) is 5.11 Å². The first-order valence-electron chi connectivity index (χ1n) is 6.37. The van der Waals surface area contributed by atoms with Gasteiger partial charge in [-0.05, 0) is 18.3 Å². The maximum absolute atomic E-state index is 12.1. The Hall–Kier alpha value is -0.490. The van der Waals surface area contributed by atoms with Gasteiger partial charge in [0.2, 0.25) is 0 Å². The van der Waals surface area contributed by atoms with Gasteiger partial charge in [-0.2, -0.15) is 0 Å². The number of rotatable bonds is 8. The van der Waals surface area contributed by atoms with Gasteiger partial charge < -0.3 is 20.4 Å². The van der Waals surface area contributed by atoms with E-state index in [1.165, 1.54) is 0 Å². The van der Waals surface area contributed by atoms with E-state index in [2.05, 4.69) is 0 Å². The van der Waals surface area contributed by atoms with Crippen molar-refractivity contribution < 1.29 is 25.2 Å². The summed E-state index contributed by atoms with van der Waals surface area (Å²) >= 11 is 0. The molecule has 5 nitrogen and oxygen atoms in total. The van der Waals surface area contributed by atoms with Crippen LogP contribution in [-0.4, -0.2) is 50.6 Å². The normalized spacial score (nSPS) is 18.8. The summed E-state index contributed by atoms with van der Waals surface area (Å²) in [6, 6.07) is 0. The summed E-state index contributed by atoms with van der Waals surface area (Å²) < 4.78 is 0. The lowest BCUT2D eigenvalue weighted by atomic mass is 9.79. The molecule has 0 fully saturated rings. The van der Waals surface area contributed by atoms with Crippen LogP contribution >= 0.6 is 0 Å². The first-order valence-corrected chi connectivity index (χ1v) is 6.37. The Balaban J connectivity index is 5.09. The van der Waals surface area contributed by atoms with E-state index >= 15 is 0 Å². The standard InChI is InChI=1S/C13H26O5/c1-8(2)5-11(16)13(18,6-9(3)4)12(17)10(15)7-14/h8-10,12,14-15,17-18H,5-7H2,1-4H3. The number of carbonyl (C=O) groups is 1. The van der Waals surface area contributed by atoms with Crippen molar-refractivity contribution in [2.45, 2.75) is 58.3 Å². The number of carbonyl (C=O) groups excluding carboxylic acids is 1. The molecular formula is C13H26O5. The van der Waals surface area contributed by atoms with Crippen molar-refractivity contribution in [1.29, 1.82) is 0 Å². The first-order chi connectivity index (χ1) is 8.15. The van der Waals surface area contributed by atoms with Gasteiger partial charge in [-0.25, -0.2) is 0 Å². The molecule has 108 valence electrons. The number of hydrogen-bond acceptors (Lipinski definition) is 5. The summed E-state index contributed by atoms with van der Waals surface area (Å²) in [7, 11) is 0. The summed E-state index contributed by atoms with van der Waals surface area (Å²) in [6.45, 7) is 6.60. The van der Waals surface area contributed by atoms with Crippen LogP contribution in [0.4, 0.5) is 0 Å². The second-order valence-corrected chi connectivity index (χ2v) is 5.74. The van der Waals surface area contributed by atoms with E-state index in [0.717, 1.165) is 0 Å². The molecule has 0 bridgehead atoms. The predicted octanol–water partition coefficient (Wildman–Crippen LogP) is 0.0929. The van der Waals surface area contributed by atoms with Crippen molar-refractivity contribution in [1.82, 2.24) is 0 Å². The number of aliphatic hydroxyl groups is 4. The van der Waals surface area contributed by atoms with Crippen LogP contribution in [0.15, 0.2) is 0 Å². The molecule has 0 rings (SSSR count). The van der Waals surface area contributed by atoms with Gasteiger partial charge in [0.1, 0.15) is 12.2 Å². The summed E-state index contributed by atoms with van der Waals surface area (Å²) in [5.74, 6) is -0.465. The zero-order valence-electron chi connectivity index (χ0n) is 11.6. The van der Waals surface area contributed by atoms with Crippen molar-refractivity contribution >= 4 is 5.78 Å². The molecule has 0 aliphatic heterocycles. The fourth-order valence-corrected chi connectivity index (χ4v) is 1.99. The van der Waals surface area contributed by atoms with Crippen LogP contribution in [0, 0.1) is 11.8 Å². The third-order valence-corrected chi connectivity index (χ3v) is 2.84. The van der Waals surface area contributed by atoms with Crippen molar-refractivity contribution in [3.63, 3.8) is 0 Å². The maximum Gasteiger partial charge on any atom is 0.167 e. The van der Waals surface area contributed by atoms with Gasteiger partial charge in [0.15, 0.2) is 11.4 Å². The number of Topliss-reactive ketones (excluding diaryl/α,β-unsaturated/α-hetero) is 1. The summed E-state index contributed by atoms with van der Waals surface area (Å²) in [6.07, 6.45) is -3.02. The Labute approximate surface area is 108 Å². The van der Waals surface area contributed by atoms with E-state index in [9.17, 15) is 20.1 Å². The smallest absolute Gasteiger partial charge is 0.167 e. The number of ketones is 1. The highest BCUT2D eigenvalue weighted by molar-refractivity contribution is 5.88. The van der Waals surface area contributed by atoms with Crippen LogP contribution in [-0.2, 0) is 4.79 Å². The van der Waals surface area contributed by atoms with Gasteiger partial charge in [0.25, 0.3) is 0 Å². The molecule has 3 unspecified atom stereocenters. The summed E-state index contributed by atoms with van der Waals surface area (Å²) in [5, 5.41) is 38.6. The highest BCUT2D eigenvalue weighted by atomic mass is 16.4. The molecule has 0 heterocycles. The topological polar surface area (TPSA) is 98.0 Å². The average molecular weight is 262 g/mol. The van der Waals surface area contributed by atoms with Gasteiger partial charge >= 0.3 is 0 Å². The molecule has 4 N–H and O–H groups in total. The zero-order chi connectivity index (χ0) is 14.5. The summed E-state index contributed by atoms with van der Waals surface area (Å²) in [5.41, 5.74) is -2.00. The SMILES string of the molecule is CC(C)CC(=O)C(O)(CC(C)C)C(O)C(O)CO. The predicted molar refractivity (Wildman–Crippen MR) is 68.0 cm³/mol. The minimum atomic E-state index is -2.00. The lowest BCUT2D eigenvalue weighted by Crippen LogP contribution is -2.56. The average Bonchev–Trinajstić information content (AvgIpc) is 2.24. The first kappa shape index (κ1) is 17.5. The molecule has 0 aliphatic rings. The summed E-state index contributed by atoms with van der Waals surface area (Å²) in [4.78, 5) is 12.1. The Morgan fingerprint density at radius 1 is 1.11 bits per heavy atom. The monoisotopic (exact) mass is 262 g/mol. The quantitative estimate of drug-likeness (QED) is 0.497. The number of hydrogen-bond donors (Lipinski definition) is 4. The minimum Gasteiger partial charge on any atom is -0.394 e. The molecule has 0 aromatic rings. The maximum atomic E-state index is 12.1. The molecule has 18 heavy (non-hydrogen) atoms. The molecular weight excluding hydrogens is 236 g/mol. The second-order valence-electron chi connectivity index (χ2n) is 5.74. The Kier molecular flexibility index (Phi) is 6.99. The van der Waals surface area contributed by atoms with Gasteiger partial charge in [0.05, 0.1) is 6.61 Å². The van der Waals surface area contributed by atoms with Crippen molar-refractivity contribution in [2.24, 2.45) is 11.8 Å². The fourth-order valence-electron chi connectivity index (χ4n) is 1.99. The van der Waals surface area contributed by atoms with E-state index in [0.29, 0.717) is 0 Å². The number of aliphatic hydroxyl groups excluding tert-OH is 3. The van der Waals surface area contributed by atoms with E-state index in [1.54, 1.807) is 0 Å². The fraction of sp³-hybridized carbons (Fsp3) is 0.923. The molecule has 0 aliphatic carbocycles. The second kappa shape index (κ2) is 7.19. The van der Waals surface area contributed by atoms with Gasteiger partial charge in [-0.3, -0.25) is 4.79 Å². The van der Waals surface area contributed by atoms with Gasteiger partial charge in [-0.15, -0.1) is 0 Å². The lowest BCUT2D eigenvalue weighted by Gasteiger charge is -2.35. The molecule has 0 aromatic carbocycles. The molecule has 0 amide bonds.